The summed E-state index contributed by atoms with van der Waals surface area (Å²) in [6, 6.07) is 25.4. The Balaban J connectivity index is 1.53. The van der Waals surface area contributed by atoms with E-state index in [1.54, 1.807) is 18.2 Å². The number of benzene rings is 3. The molecule has 3 aromatic rings. The van der Waals surface area contributed by atoms with Gasteiger partial charge in [-0.25, -0.2) is 0 Å². The molecule has 1 aliphatic heterocycles. The summed E-state index contributed by atoms with van der Waals surface area (Å²) >= 11 is 0. The lowest BCUT2D eigenvalue weighted by atomic mass is 9.44. The fourth-order valence-electron chi connectivity index (χ4n) is 7.86. The molecule has 0 radical (unpaired) electrons. The Bertz CT molecular complexity index is 1640. The van der Waals surface area contributed by atoms with Gasteiger partial charge in [0.25, 0.3) is 0 Å². The van der Waals surface area contributed by atoms with Crippen LogP contribution in [0.4, 0.5) is 0 Å². The zero-order valence-corrected chi connectivity index (χ0v) is 21.6. The third-order valence-corrected chi connectivity index (χ3v) is 9.42. The second kappa shape index (κ2) is 8.98. The molecule has 6 unspecified atom stereocenters. The minimum Gasteiger partial charge on any atom is -0.508 e. The normalized spacial score (nSPS) is 30.9. The molecule has 2 fully saturated rings. The highest BCUT2D eigenvalue weighted by atomic mass is 16.3. The summed E-state index contributed by atoms with van der Waals surface area (Å²) in [6.45, 7) is 0. The SMILES string of the molecule is O=C1NC(=O)C2C1CC=C1C2CC2C(=O)C(c3ccccc3)=CC(=O)C2(c2ccccc2)C1c1cccc(O)c1. The minimum atomic E-state index is -1.28. The number of ketones is 2. The number of phenols is 1. The van der Waals surface area contributed by atoms with Crippen molar-refractivity contribution in [3.05, 3.63) is 119 Å². The van der Waals surface area contributed by atoms with Gasteiger partial charge in [0.2, 0.25) is 11.8 Å². The van der Waals surface area contributed by atoms with Gasteiger partial charge >= 0.3 is 0 Å². The highest BCUT2D eigenvalue weighted by Gasteiger charge is 2.65. The van der Waals surface area contributed by atoms with E-state index in [0.717, 1.165) is 11.1 Å². The van der Waals surface area contributed by atoms with Crippen LogP contribution in [0.25, 0.3) is 5.57 Å². The maximum Gasteiger partial charge on any atom is 0.231 e. The van der Waals surface area contributed by atoms with E-state index in [-0.39, 0.29) is 35.6 Å². The lowest BCUT2D eigenvalue weighted by Crippen LogP contribution is -2.58. The number of carbonyl (C=O) groups excluding carboxylic acids is 4. The fourth-order valence-corrected chi connectivity index (χ4v) is 7.86. The van der Waals surface area contributed by atoms with Crippen molar-refractivity contribution < 1.29 is 24.3 Å². The molecular weight excluding hydrogens is 502 g/mol. The Morgan fingerprint density at radius 2 is 1.52 bits per heavy atom. The molecule has 1 heterocycles. The average Bonchev–Trinajstić information content (AvgIpc) is 3.27. The van der Waals surface area contributed by atoms with Crippen molar-refractivity contribution in [2.75, 3.05) is 0 Å². The number of hydrogen-bond acceptors (Lipinski definition) is 5. The van der Waals surface area contributed by atoms with Crippen LogP contribution in [0, 0.1) is 23.7 Å². The Kier molecular flexibility index (Phi) is 5.49. The topological polar surface area (TPSA) is 101 Å². The standard InChI is InChI=1S/C34H27NO5/c36-22-13-7-10-20(16-22)30-23-14-15-24-29(33(40)35-32(24)39)26(23)17-27-31(38)25(19-8-3-1-4-9-19)18-28(37)34(27,30)21-11-5-2-6-12-21/h1-14,16,18,24,26-27,29-30,36H,15,17H2,(H,35,39,40). The first kappa shape index (κ1) is 24.5. The van der Waals surface area contributed by atoms with Crippen molar-refractivity contribution in [2.24, 2.45) is 23.7 Å². The van der Waals surface area contributed by atoms with Crippen molar-refractivity contribution in [2.45, 2.75) is 24.2 Å². The number of hydrogen-bond donors (Lipinski definition) is 2. The first-order chi connectivity index (χ1) is 19.4. The lowest BCUT2D eigenvalue weighted by Gasteiger charge is -2.55. The molecule has 2 amide bonds. The predicted molar refractivity (Wildman–Crippen MR) is 148 cm³/mol. The number of nitrogens with one attached hydrogen (secondary N) is 1. The van der Waals surface area contributed by atoms with E-state index in [2.05, 4.69) is 5.32 Å². The van der Waals surface area contributed by atoms with Crippen LogP contribution in [0.3, 0.4) is 0 Å². The summed E-state index contributed by atoms with van der Waals surface area (Å²) in [5.74, 6) is -3.75. The van der Waals surface area contributed by atoms with Crippen LogP contribution < -0.4 is 5.32 Å². The van der Waals surface area contributed by atoms with Crippen molar-refractivity contribution in [3.8, 4) is 5.75 Å². The molecule has 0 bridgehead atoms. The van der Waals surface area contributed by atoms with Crippen LogP contribution in [0.1, 0.15) is 35.4 Å². The number of amides is 2. The van der Waals surface area contributed by atoms with Gasteiger partial charge in [-0.3, -0.25) is 24.5 Å². The van der Waals surface area contributed by atoms with Crippen molar-refractivity contribution in [1.82, 2.24) is 5.32 Å². The van der Waals surface area contributed by atoms with E-state index < -0.39 is 35.0 Å². The summed E-state index contributed by atoms with van der Waals surface area (Å²) in [4.78, 5) is 55.1. The van der Waals surface area contributed by atoms with Gasteiger partial charge in [-0.15, -0.1) is 0 Å². The number of imide groups is 1. The van der Waals surface area contributed by atoms with E-state index in [4.69, 9.17) is 0 Å². The van der Waals surface area contributed by atoms with E-state index in [0.29, 0.717) is 23.1 Å². The van der Waals surface area contributed by atoms with Crippen molar-refractivity contribution >= 4 is 29.0 Å². The van der Waals surface area contributed by atoms with Crippen LogP contribution in [0.15, 0.2) is 103 Å². The lowest BCUT2D eigenvalue weighted by molar-refractivity contribution is -0.135. The second-order valence-corrected chi connectivity index (χ2v) is 11.2. The molecule has 6 atom stereocenters. The molecule has 1 saturated carbocycles. The summed E-state index contributed by atoms with van der Waals surface area (Å²) in [5, 5.41) is 13.0. The number of fused-ring (bicyclic) bond motifs is 4. The van der Waals surface area contributed by atoms with Gasteiger partial charge < -0.3 is 5.11 Å². The van der Waals surface area contributed by atoms with E-state index in [9.17, 15) is 24.3 Å². The smallest absolute Gasteiger partial charge is 0.231 e. The first-order valence-corrected chi connectivity index (χ1v) is 13.7. The Labute approximate surface area is 231 Å². The predicted octanol–water partition coefficient (Wildman–Crippen LogP) is 4.50. The molecule has 4 aliphatic rings. The Morgan fingerprint density at radius 3 is 2.25 bits per heavy atom. The molecular formula is C34H27NO5. The molecule has 3 aromatic carbocycles. The van der Waals surface area contributed by atoms with Crippen LogP contribution in [-0.4, -0.2) is 28.5 Å². The molecule has 6 nitrogen and oxygen atoms in total. The molecule has 0 spiro atoms. The van der Waals surface area contributed by atoms with Gasteiger partial charge in [-0.2, -0.15) is 0 Å². The van der Waals surface area contributed by atoms with Gasteiger partial charge in [0.1, 0.15) is 5.75 Å². The highest BCUT2D eigenvalue weighted by Crippen LogP contribution is 2.63. The number of aromatic hydroxyl groups is 1. The van der Waals surface area contributed by atoms with Crippen LogP contribution in [0.5, 0.6) is 5.75 Å². The van der Waals surface area contributed by atoms with Crippen LogP contribution >= 0.6 is 0 Å². The molecule has 6 heteroatoms. The average molecular weight is 530 g/mol. The van der Waals surface area contributed by atoms with E-state index in [1.807, 2.05) is 72.8 Å². The maximum absolute atomic E-state index is 14.7. The number of carbonyl (C=O) groups is 4. The Morgan fingerprint density at radius 1 is 0.800 bits per heavy atom. The number of allylic oxidation sites excluding steroid dienone is 4. The second-order valence-electron chi connectivity index (χ2n) is 11.2. The molecule has 2 N–H and O–H groups in total. The highest BCUT2D eigenvalue weighted by molar-refractivity contribution is 6.31. The van der Waals surface area contributed by atoms with Gasteiger partial charge in [-0.05, 0) is 53.7 Å². The Hall–Kier alpha value is -4.58. The van der Waals surface area contributed by atoms with Crippen LogP contribution in [0.2, 0.25) is 0 Å². The minimum absolute atomic E-state index is 0.0533. The third kappa shape index (κ3) is 3.35. The monoisotopic (exact) mass is 529 g/mol. The van der Waals surface area contributed by atoms with Gasteiger partial charge in [0, 0.05) is 17.4 Å². The van der Waals surface area contributed by atoms with Crippen molar-refractivity contribution in [1.29, 1.82) is 0 Å². The molecule has 7 rings (SSSR count). The van der Waals surface area contributed by atoms with Crippen LogP contribution in [-0.2, 0) is 24.6 Å². The third-order valence-electron chi connectivity index (χ3n) is 9.42. The molecule has 40 heavy (non-hydrogen) atoms. The number of rotatable bonds is 3. The summed E-state index contributed by atoms with van der Waals surface area (Å²) in [5.41, 5.74) is 2.07. The maximum atomic E-state index is 14.7. The number of phenolic OH excluding ortho intramolecular Hbond substituents is 1. The molecule has 0 aromatic heterocycles. The van der Waals surface area contributed by atoms with Gasteiger partial charge in [-0.1, -0.05) is 84.4 Å². The van der Waals surface area contributed by atoms with E-state index in [1.165, 1.54) is 6.08 Å². The van der Waals surface area contributed by atoms with Gasteiger partial charge in [0.15, 0.2) is 11.6 Å². The largest absolute Gasteiger partial charge is 0.508 e. The zero-order valence-electron chi connectivity index (χ0n) is 21.6. The fraction of sp³-hybridized carbons (Fsp3) is 0.235. The van der Waals surface area contributed by atoms with Gasteiger partial charge in [0.05, 0.1) is 17.3 Å². The summed E-state index contributed by atoms with van der Waals surface area (Å²) < 4.78 is 0. The number of Topliss-reactive ketones (excluding diaryl/α,β-unsaturated/α-hetero) is 1. The molecule has 3 aliphatic carbocycles. The first-order valence-electron chi connectivity index (χ1n) is 13.7. The quantitative estimate of drug-likeness (QED) is 0.384. The van der Waals surface area contributed by atoms with E-state index >= 15 is 0 Å². The molecule has 1 saturated heterocycles. The summed E-state index contributed by atoms with van der Waals surface area (Å²) in [6.07, 6.45) is 4.15. The zero-order chi connectivity index (χ0) is 27.6. The summed E-state index contributed by atoms with van der Waals surface area (Å²) in [7, 11) is 0. The molecule has 198 valence electrons. The van der Waals surface area contributed by atoms with Crippen molar-refractivity contribution in [3.63, 3.8) is 0 Å².